The molecule has 0 aromatic rings. The highest BCUT2D eigenvalue weighted by atomic mass is 14.6. The summed E-state index contributed by atoms with van der Waals surface area (Å²) in [6.07, 6.45) is 0.577. The topological polar surface area (TPSA) is 143 Å². The van der Waals surface area contributed by atoms with Crippen molar-refractivity contribution in [2.45, 2.75) is 19.8 Å². The zero-order valence-electron chi connectivity index (χ0n) is 10.8. The van der Waals surface area contributed by atoms with Crippen molar-refractivity contribution in [2.24, 2.45) is 28.6 Å². The van der Waals surface area contributed by atoms with Gasteiger partial charge in [0, 0.05) is 11.3 Å². The van der Waals surface area contributed by atoms with Crippen LogP contribution in [0.5, 0.6) is 0 Å². The Morgan fingerprint density at radius 2 is 1.40 bits per heavy atom. The third-order valence-electron chi connectivity index (χ3n) is 4.36. The quantitative estimate of drug-likeness (QED) is 0.741. The van der Waals surface area contributed by atoms with Gasteiger partial charge in [0.2, 0.25) is 0 Å². The first kappa shape index (κ1) is 15.0. The van der Waals surface area contributed by atoms with Gasteiger partial charge in [-0.25, -0.2) is 0 Å². The second-order valence-corrected chi connectivity index (χ2v) is 5.02. The second-order valence-electron chi connectivity index (χ2n) is 5.02. The summed E-state index contributed by atoms with van der Waals surface area (Å²) in [4.78, 5) is 0. The predicted octanol–water partition coefficient (Wildman–Crippen LogP) is 1.76. The van der Waals surface area contributed by atoms with Gasteiger partial charge in [0.05, 0.1) is 36.4 Å². The minimum atomic E-state index is -1.68. The van der Waals surface area contributed by atoms with E-state index in [1.807, 2.05) is 24.3 Å². The molecule has 0 aromatic heterocycles. The van der Waals surface area contributed by atoms with Crippen molar-refractivity contribution in [3.63, 3.8) is 0 Å². The van der Waals surface area contributed by atoms with Crippen molar-refractivity contribution < 1.29 is 0 Å². The van der Waals surface area contributed by atoms with Gasteiger partial charge in [0.25, 0.3) is 0 Å². The van der Waals surface area contributed by atoms with E-state index in [2.05, 4.69) is 0 Å². The number of nitrogens with zero attached hydrogens (tertiary/aromatic N) is 6. The van der Waals surface area contributed by atoms with Gasteiger partial charge in [-0.3, -0.25) is 0 Å². The van der Waals surface area contributed by atoms with Crippen molar-refractivity contribution in [1.29, 1.82) is 31.6 Å². The van der Waals surface area contributed by atoms with Crippen molar-refractivity contribution in [3.8, 4) is 36.4 Å². The van der Waals surface area contributed by atoms with Crippen LogP contribution in [0.15, 0.2) is 0 Å². The standard InChI is InChI=1S/C14H10N6/c1-13(11(6-17)7-18)3-2-12(10(4-15)5-16)14(13,8-19)9-20/h10-12H,2-3H2,1H3. The minimum Gasteiger partial charge on any atom is -0.197 e. The van der Waals surface area contributed by atoms with Crippen LogP contribution in [0.3, 0.4) is 0 Å². The number of hydrogen-bond donors (Lipinski definition) is 0. The van der Waals surface area contributed by atoms with Gasteiger partial charge in [0.15, 0.2) is 5.41 Å². The maximum atomic E-state index is 9.49. The maximum Gasteiger partial charge on any atom is 0.156 e. The zero-order valence-corrected chi connectivity index (χ0v) is 10.8. The van der Waals surface area contributed by atoms with Crippen LogP contribution in [0.1, 0.15) is 19.8 Å². The van der Waals surface area contributed by atoms with Crippen LogP contribution in [0.4, 0.5) is 0 Å². The molecule has 0 radical (unpaired) electrons. The maximum absolute atomic E-state index is 9.49. The SMILES string of the molecule is CC1(C(C#N)C#N)CCC(C(C#N)C#N)C1(C#N)C#N. The van der Waals surface area contributed by atoms with E-state index >= 15 is 0 Å². The smallest absolute Gasteiger partial charge is 0.156 e. The number of nitriles is 6. The average molecular weight is 262 g/mol. The Kier molecular flexibility index (Phi) is 3.97. The minimum absolute atomic E-state index is 0.282. The fourth-order valence-electron chi connectivity index (χ4n) is 3.05. The van der Waals surface area contributed by atoms with Crippen LogP contribution in [0.25, 0.3) is 0 Å². The molecule has 1 aliphatic rings. The van der Waals surface area contributed by atoms with Gasteiger partial charge in [-0.15, -0.1) is 0 Å². The highest BCUT2D eigenvalue weighted by Crippen LogP contribution is 2.61. The molecule has 2 atom stereocenters. The van der Waals surface area contributed by atoms with Gasteiger partial charge < -0.3 is 0 Å². The number of hydrogen-bond acceptors (Lipinski definition) is 6. The molecule has 0 amide bonds. The number of rotatable bonds is 2. The molecule has 6 heteroatoms. The summed E-state index contributed by atoms with van der Waals surface area (Å²) in [5.74, 6) is -3.01. The molecular weight excluding hydrogens is 252 g/mol. The molecule has 0 spiro atoms. The van der Waals surface area contributed by atoms with E-state index in [-0.39, 0.29) is 6.42 Å². The fourth-order valence-corrected chi connectivity index (χ4v) is 3.05. The van der Waals surface area contributed by atoms with E-state index in [0.717, 1.165) is 0 Å². The van der Waals surface area contributed by atoms with E-state index in [1.54, 1.807) is 19.1 Å². The zero-order chi connectivity index (χ0) is 15.4. The summed E-state index contributed by atoms with van der Waals surface area (Å²) in [6.45, 7) is 1.54. The highest BCUT2D eigenvalue weighted by Gasteiger charge is 2.64. The molecule has 2 unspecified atom stereocenters. The van der Waals surface area contributed by atoms with Crippen LogP contribution in [0.2, 0.25) is 0 Å². The van der Waals surface area contributed by atoms with Crippen molar-refractivity contribution in [2.75, 3.05) is 0 Å². The third-order valence-corrected chi connectivity index (χ3v) is 4.36. The van der Waals surface area contributed by atoms with Crippen LogP contribution in [0, 0.1) is 96.6 Å². The molecule has 0 aromatic carbocycles. The molecule has 96 valence electrons. The first-order valence-electron chi connectivity index (χ1n) is 5.92. The summed E-state index contributed by atoms with van der Waals surface area (Å²) in [5, 5.41) is 55.2. The van der Waals surface area contributed by atoms with Crippen molar-refractivity contribution >= 4 is 0 Å². The van der Waals surface area contributed by atoms with Gasteiger partial charge in [-0.2, -0.15) is 31.6 Å². The highest BCUT2D eigenvalue weighted by molar-refractivity contribution is 5.33. The van der Waals surface area contributed by atoms with Gasteiger partial charge >= 0.3 is 0 Å². The summed E-state index contributed by atoms with van der Waals surface area (Å²) in [6, 6.07) is 11.1. The Bertz CT molecular complexity index is 611. The Labute approximate surface area is 117 Å². The molecule has 1 aliphatic carbocycles. The van der Waals surface area contributed by atoms with Crippen LogP contribution < -0.4 is 0 Å². The molecule has 6 nitrogen and oxygen atoms in total. The molecule has 0 N–H and O–H groups in total. The average Bonchev–Trinajstić information content (AvgIpc) is 2.76. The van der Waals surface area contributed by atoms with Gasteiger partial charge in [-0.05, 0) is 12.8 Å². The molecule has 1 fully saturated rings. The molecule has 0 saturated heterocycles. The van der Waals surface area contributed by atoms with E-state index in [4.69, 9.17) is 21.0 Å². The molecule has 1 rings (SSSR count). The third kappa shape index (κ3) is 1.65. The lowest BCUT2D eigenvalue weighted by molar-refractivity contribution is 0.137. The molecule has 0 aliphatic heterocycles. The van der Waals surface area contributed by atoms with Crippen LogP contribution >= 0.6 is 0 Å². The summed E-state index contributed by atoms with van der Waals surface area (Å²) >= 11 is 0. The Balaban J connectivity index is 3.51. The van der Waals surface area contributed by atoms with E-state index < -0.39 is 28.6 Å². The summed E-state index contributed by atoms with van der Waals surface area (Å²) < 4.78 is 0. The Morgan fingerprint density at radius 1 is 0.900 bits per heavy atom. The molecular formula is C14H10N6. The lowest BCUT2D eigenvalue weighted by Gasteiger charge is -2.37. The van der Waals surface area contributed by atoms with Crippen molar-refractivity contribution in [3.05, 3.63) is 0 Å². The largest absolute Gasteiger partial charge is 0.197 e. The van der Waals surface area contributed by atoms with Gasteiger partial charge in [0.1, 0.15) is 11.8 Å². The lowest BCUT2D eigenvalue weighted by Crippen LogP contribution is -2.43. The van der Waals surface area contributed by atoms with E-state index in [1.165, 1.54) is 0 Å². The monoisotopic (exact) mass is 262 g/mol. The molecule has 0 bridgehead atoms. The van der Waals surface area contributed by atoms with Crippen molar-refractivity contribution in [1.82, 2.24) is 0 Å². The Hall–Kier alpha value is -3.06. The van der Waals surface area contributed by atoms with Gasteiger partial charge in [-0.1, -0.05) is 6.92 Å². The lowest BCUT2D eigenvalue weighted by atomic mass is 9.58. The molecule has 20 heavy (non-hydrogen) atoms. The normalized spacial score (nSPS) is 26.6. The van der Waals surface area contributed by atoms with Crippen LogP contribution in [-0.4, -0.2) is 0 Å². The summed E-state index contributed by atoms with van der Waals surface area (Å²) in [5.41, 5.74) is -2.85. The van der Waals surface area contributed by atoms with E-state index in [0.29, 0.717) is 6.42 Å². The fraction of sp³-hybridized carbons (Fsp3) is 0.571. The van der Waals surface area contributed by atoms with E-state index in [9.17, 15) is 10.5 Å². The first-order valence-corrected chi connectivity index (χ1v) is 5.92. The first-order chi connectivity index (χ1) is 9.51. The second kappa shape index (κ2) is 5.29. The summed E-state index contributed by atoms with van der Waals surface area (Å²) in [7, 11) is 0. The predicted molar refractivity (Wildman–Crippen MR) is 63.9 cm³/mol. The molecule has 0 heterocycles. The van der Waals surface area contributed by atoms with Crippen LogP contribution in [-0.2, 0) is 0 Å². The molecule has 1 saturated carbocycles. The Morgan fingerprint density at radius 3 is 1.75 bits per heavy atom.